The fraction of sp³-hybridized carbons (Fsp3) is 1.00. The molecule has 6 heteroatoms. The summed E-state index contributed by atoms with van der Waals surface area (Å²) in [5.41, 5.74) is 0.195. The molecule has 0 unspecified atom stereocenters. The maximum atomic E-state index is 11.2. The fourth-order valence-corrected chi connectivity index (χ4v) is 10.4. The Kier molecular flexibility index (Phi) is 5.19. The quantitative estimate of drug-likeness (QED) is 0.440. The number of ether oxygens (including phenoxy) is 2. The van der Waals surface area contributed by atoms with Crippen LogP contribution in [0, 0.1) is 52.3 Å². The van der Waals surface area contributed by atoms with Crippen molar-refractivity contribution in [3.63, 3.8) is 0 Å². The van der Waals surface area contributed by atoms with Crippen molar-refractivity contribution >= 4 is 0 Å². The molecule has 15 atom stereocenters. The molecule has 2 heterocycles. The Morgan fingerprint density at radius 1 is 0.818 bits per heavy atom. The zero-order valence-electron chi connectivity index (χ0n) is 20.7. The number of rotatable bonds is 0. The summed E-state index contributed by atoms with van der Waals surface area (Å²) in [6, 6.07) is 0. The number of aliphatic hydroxyl groups excluding tert-OH is 4. The summed E-state index contributed by atoms with van der Waals surface area (Å²) < 4.78 is 12.9. The summed E-state index contributed by atoms with van der Waals surface area (Å²) >= 11 is 0. The van der Waals surface area contributed by atoms with Crippen molar-refractivity contribution in [2.75, 3.05) is 6.61 Å². The van der Waals surface area contributed by atoms with Crippen LogP contribution in [0.25, 0.3) is 0 Å². The summed E-state index contributed by atoms with van der Waals surface area (Å²) in [6.45, 7) is 9.30. The highest BCUT2D eigenvalue weighted by Gasteiger charge is 2.72. The van der Waals surface area contributed by atoms with E-state index in [-0.39, 0.29) is 52.8 Å². The molecule has 6 rings (SSSR count). The van der Waals surface area contributed by atoms with E-state index >= 15 is 0 Å². The largest absolute Gasteiger partial charge is 0.393 e. The summed E-state index contributed by atoms with van der Waals surface area (Å²) in [5, 5.41) is 43.2. The normalized spacial score (nSPS) is 64.7. The molecule has 188 valence electrons. The maximum Gasteiger partial charge on any atom is 0.200 e. The van der Waals surface area contributed by atoms with Gasteiger partial charge in [-0.05, 0) is 85.4 Å². The standard InChI is InChI=1S/C27H44O6/c1-13-12-32-27(24(31)23(13)30)14(2)22-21(33-27)11-18-16-10-20(29)19-9-15(28)5-7-25(19,3)17(16)6-8-26(18,22)4/h13-24,28-31H,5-12H2,1-4H3/t13-,14-,15-,16+,17-,18-,19+,20-,21-,22-,23+,24-,25+,26-,27-/m0/s1. The first-order valence-corrected chi connectivity index (χ1v) is 13.6. The second-order valence-electron chi connectivity index (χ2n) is 13.4. The molecule has 0 amide bonds. The van der Waals surface area contributed by atoms with E-state index in [1.54, 1.807) is 0 Å². The topological polar surface area (TPSA) is 99.4 Å². The molecule has 33 heavy (non-hydrogen) atoms. The summed E-state index contributed by atoms with van der Waals surface area (Å²) in [6.07, 6.45) is 4.29. The Balaban J connectivity index is 1.29. The van der Waals surface area contributed by atoms with Crippen molar-refractivity contribution in [3.8, 4) is 0 Å². The molecule has 2 saturated heterocycles. The Morgan fingerprint density at radius 3 is 2.30 bits per heavy atom. The average Bonchev–Trinajstić information content (AvgIpc) is 3.22. The smallest absolute Gasteiger partial charge is 0.200 e. The van der Waals surface area contributed by atoms with Crippen molar-refractivity contribution in [1.29, 1.82) is 0 Å². The van der Waals surface area contributed by atoms with E-state index in [0.717, 1.165) is 38.5 Å². The van der Waals surface area contributed by atoms with Gasteiger partial charge < -0.3 is 29.9 Å². The summed E-state index contributed by atoms with van der Waals surface area (Å²) in [4.78, 5) is 0. The van der Waals surface area contributed by atoms with Crippen LogP contribution in [0.5, 0.6) is 0 Å². The van der Waals surface area contributed by atoms with Gasteiger partial charge in [-0.3, -0.25) is 0 Å². The first-order chi connectivity index (χ1) is 15.5. The van der Waals surface area contributed by atoms with Gasteiger partial charge in [0.1, 0.15) is 6.10 Å². The molecule has 6 fully saturated rings. The van der Waals surface area contributed by atoms with Crippen LogP contribution in [0.2, 0.25) is 0 Å². The fourth-order valence-electron chi connectivity index (χ4n) is 10.4. The Morgan fingerprint density at radius 2 is 1.55 bits per heavy atom. The molecule has 0 aromatic rings. The number of fused-ring (bicyclic) bond motifs is 7. The first-order valence-electron chi connectivity index (χ1n) is 13.6. The van der Waals surface area contributed by atoms with Gasteiger partial charge in [-0.2, -0.15) is 0 Å². The van der Waals surface area contributed by atoms with Crippen molar-refractivity contribution in [1.82, 2.24) is 0 Å². The lowest BCUT2D eigenvalue weighted by atomic mass is 9.43. The van der Waals surface area contributed by atoms with Gasteiger partial charge in [0.15, 0.2) is 5.79 Å². The van der Waals surface area contributed by atoms with E-state index in [0.29, 0.717) is 24.4 Å². The number of hydrogen-bond donors (Lipinski definition) is 4. The molecular formula is C27H44O6. The second kappa shape index (κ2) is 7.39. The van der Waals surface area contributed by atoms with Crippen LogP contribution in [0.3, 0.4) is 0 Å². The Hall–Kier alpha value is -0.240. The number of hydrogen-bond acceptors (Lipinski definition) is 6. The lowest BCUT2D eigenvalue weighted by molar-refractivity contribution is -0.338. The zero-order chi connectivity index (χ0) is 23.5. The zero-order valence-corrected chi connectivity index (χ0v) is 20.7. The van der Waals surface area contributed by atoms with Crippen LogP contribution in [0.15, 0.2) is 0 Å². The lowest BCUT2D eigenvalue weighted by Crippen LogP contribution is -2.62. The molecule has 4 aliphatic carbocycles. The highest BCUT2D eigenvalue weighted by atomic mass is 16.7. The van der Waals surface area contributed by atoms with Crippen molar-refractivity contribution < 1.29 is 29.9 Å². The molecule has 2 aliphatic heterocycles. The molecular weight excluding hydrogens is 420 g/mol. The van der Waals surface area contributed by atoms with Gasteiger partial charge in [0, 0.05) is 11.8 Å². The highest BCUT2D eigenvalue weighted by Crippen LogP contribution is 2.71. The van der Waals surface area contributed by atoms with E-state index in [1.165, 1.54) is 6.42 Å². The minimum absolute atomic E-state index is 0.00729. The number of aliphatic hydroxyl groups is 4. The SMILES string of the molecule is C[C@H]1CO[C@@]2(O[C@H]3C[C@H]4[C@@H]5C[C@H](O)[C@H]6C[C@@H](O)CC[C@]6(C)[C@H]5CC[C@]4(C)[C@H]3[C@@H]2C)[C@@H](O)[C@@H]1O. The predicted molar refractivity (Wildman–Crippen MR) is 122 cm³/mol. The maximum absolute atomic E-state index is 11.2. The van der Waals surface area contributed by atoms with Crippen LogP contribution >= 0.6 is 0 Å². The molecule has 0 radical (unpaired) electrons. The average molecular weight is 465 g/mol. The molecule has 6 aliphatic rings. The Labute approximate surface area is 198 Å². The lowest BCUT2D eigenvalue weighted by Gasteiger charge is -2.62. The van der Waals surface area contributed by atoms with Gasteiger partial charge in [-0.1, -0.05) is 27.7 Å². The van der Waals surface area contributed by atoms with E-state index in [4.69, 9.17) is 9.47 Å². The molecule has 0 aromatic carbocycles. The minimum atomic E-state index is -1.10. The monoisotopic (exact) mass is 464 g/mol. The van der Waals surface area contributed by atoms with Crippen molar-refractivity contribution in [2.45, 2.75) is 109 Å². The van der Waals surface area contributed by atoms with Crippen LogP contribution in [0.4, 0.5) is 0 Å². The van der Waals surface area contributed by atoms with E-state index in [9.17, 15) is 20.4 Å². The highest BCUT2D eigenvalue weighted by molar-refractivity contribution is 5.17. The molecule has 1 spiro atoms. The van der Waals surface area contributed by atoms with E-state index < -0.39 is 18.0 Å². The third-order valence-corrected chi connectivity index (χ3v) is 12.1. The predicted octanol–water partition coefficient (Wildman–Crippen LogP) is 2.71. The van der Waals surface area contributed by atoms with Crippen LogP contribution in [-0.2, 0) is 9.47 Å². The third kappa shape index (κ3) is 2.88. The van der Waals surface area contributed by atoms with Gasteiger partial charge in [0.05, 0.1) is 31.0 Å². The van der Waals surface area contributed by atoms with Gasteiger partial charge in [-0.15, -0.1) is 0 Å². The Bertz CT molecular complexity index is 791. The minimum Gasteiger partial charge on any atom is -0.393 e. The third-order valence-electron chi connectivity index (χ3n) is 12.1. The second-order valence-corrected chi connectivity index (χ2v) is 13.4. The van der Waals surface area contributed by atoms with Gasteiger partial charge in [0.2, 0.25) is 0 Å². The molecule has 6 nitrogen and oxygen atoms in total. The summed E-state index contributed by atoms with van der Waals surface area (Å²) in [5.74, 6) is 0.869. The van der Waals surface area contributed by atoms with Gasteiger partial charge >= 0.3 is 0 Å². The molecule has 0 aromatic heterocycles. The summed E-state index contributed by atoms with van der Waals surface area (Å²) in [7, 11) is 0. The van der Waals surface area contributed by atoms with Gasteiger partial charge in [0.25, 0.3) is 0 Å². The molecule has 0 bridgehead atoms. The molecule has 4 N–H and O–H groups in total. The van der Waals surface area contributed by atoms with Gasteiger partial charge in [-0.25, -0.2) is 0 Å². The van der Waals surface area contributed by atoms with Crippen LogP contribution in [-0.4, -0.2) is 63.3 Å². The van der Waals surface area contributed by atoms with Crippen LogP contribution < -0.4 is 0 Å². The molecule has 4 saturated carbocycles. The first kappa shape index (κ1) is 23.2. The van der Waals surface area contributed by atoms with E-state index in [1.807, 2.05) is 6.92 Å². The van der Waals surface area contributed by atoms with Crippen LogP contribution in [0.1, 0.15) is 72.6 Å². The van der Waals surface area contributed by atoms with Crippen molar-refractivity contribution in [3.05, 3.63) is 0 Å². The van der Waals surface area contributed by atoms with Crippen molar-refractivity contribution in [2.24, 2.45) is 52.3 Å². The van der Waals surface area contributed by atoms with E-state index in [2.05, 4.69) is 20.8 Å².